The van der Waals surface area contributed by atoms with Gasteiger partial charge >= 0.3 is 17.9 Å². The fourth-order valence-corrected chi connectivity index (χ4v) is 3.71. The molecule has 1 N–H and O–H groups in total. The highest BCUT2D eigenvalue weighted by atomic mass is 16.7. The zero-order valence-corrected chi connectivity index (χ0v) is 18.9. The van der Waals surface area contributed by atoms with Gasteiger partial charge < -0.3 is 24.1 Å². The number of carbonyl (C=O) groups is 3. The summed E-state index contributed by atoms with van der Waals surface area (Å²) in [4.78, 5) is 38.5. The molecule has 1 fully saturated rings. The summed E-state index contributed by atoms with van der Waals surface area (Å²) in [5, 5.41) is 10.6. The zero-order chi connectivity index (χ0) is 24.8. The molecule has 8 nitrogen and oxygen atoms in total. The van der Waals surface area contributed by atoms with Crippen molar-refractivity contribution in [2.24, 2.45) is 0 Å². The Balaban J connectivity index is 1.63. The van der Waals surface area contributed by atoms with Crippen molar-refractivity contribution in [3.63, 3.8) is 0 Å². The highest BCUT2D eigenvalue weighted by Gasteiger charge is 2.50. The monoisotopic (exact) mass is 476 g/mol. The number of aliphatic hydroxyl groups excluding tert-OH is 1. The molecule has 3 aromatic carbocycles. The molecular weight excluding hydrogens is 452 g/mol. The molecule has 1 aliphatic rings. The predicted octanol–water partition coefficient (Wildman–Crippen LogP) is 3.40. The van der Waals surface area contributed by atoms with Crippen molar-refractivity contribution in [3.8, 4) is 0 Å². The van der Waals surface area contributed by atoms with Crippen LogP contribution < -0.4 is 0 Å². The summed E-state index contributed by atoms with van der Waals surface area (Å²) >= 11 is 0. The summed E-state index contributed by atoms with van der Waals surface area (Å²) < 4.78 is 22.4. The van der Waals surface area contributed by atoms with Gasteiger partial charge in [-0.15, -0.1) is 0 Å². The maximum atomic E-state index is 12.9. The standard InChI is InChI=1S/C27H24O8/c1-17-21(33-24(28)18-11-5-2-6-12-18)22(34-25(29)19-13-7-3-8-14-19)23(27(31)32-17)35-26(30)20-15-9-4-10-16-20/h2-17,21-23,27,31H,1H3/t17-,21+,22+,23+,27-/m0/s1. The summed E-state index contributed by atoms with van der Waals surface area (Å²) in [6.07, 6.45) is -6.48. The molecule has 180 valence electrons. The van der Waals surface area contributed by atoms with Gasteiger partial charge in [-0.25, -0.2) is 14.4 Å². The van der Waals surface area contributed by atoms with E-state index in [1.807, 2.05) is 0 Å². The van der Waals surface area contributed by atoms with Gasteiger partial charge in [0.2, 0.25) is 0 Å². The Morgan fingerprint density at radius 3 is 1.34 bits per heavy atom. The van der Waals surface area contributed by atoms with Gasteiger partial charge in [0.25, 0.3) is 0 Å². The van der Waals surface area contributed by atoms with E-state index < -0.39 is 48.6 Å². The number of ether oxygens (including phenoxy) is 4. The van der Waals surface area contributed by atoms with Gasteiger partial charge in [0.1, 0.15) is 0 Å². The molecule has 1 saturated heterocycles. The van der Waals surface area contributed by atoms with Crippen LogP contribution in [0.5, 0.6) is 0 Å². The summed E-state index contributed by atoms with van der Waals surface area (Å²) in [5.74, 6) is -2.18. The van der Waals surface area contributed by atoms with E-state index in [1.54, 1.807) is 97.9 Å². The van der Waals surface area contributed by atoms with Crippen LogP contribution in [0.4, 0.5) is 0 Å². The molecule has 5 atom stereocenters. The van der Waals surface area contributed by atoms with E-state index in [2.05, 4.69) is 0 Å². The smallest absolute Gasteiger partial charge is 0.338 e. The lowest BCUT2D eigenvalue weighted by Gasteiger charge is -2.42. The minimum Gasteiger partial charge on any atom is -0.452 e. The van der Waals surface area contributed by atoms with Gasteiger partial charge in [0.05, 0.1) is 22.8 Å². The first kappa shape index (κ1) is 24.1. The minimum atomic E-state index is -1.63. The molecule has 4 rings (SSSR count). The quantitative estimate of drug-likeness (QED) is 0.426. The zero-order valence-electron chi connectivity index (χ0n) is 18.9. The van der Waals surface area contributed by atoms with Gasteiger partial charge in [0, 0.05) is 0 Å². The Bertz CT molecular complexity index is 1080. The summed E-state index contributed by atoms with van der Waals surface area (Å²) in [7, 11) is 0. The number of esters is 3. The second-order valence-electron chi connectivity index (χ2n) is 7.94. The second kappa shape index (κ2) is 10.9. The van der Waals surface area contributed by atoms with Gasteiger partial charge in [-0.1, -0.05) is 54.6 Å². The number of benzene rings is 3. The average Bonchev–Trinajstić information content (AvgIpc) is 2.89. The van der Waals surface area contributed by atoms with Gasteiger partial charge in [-0.05, 0) is 43.3 Å². The van der Waals surface area contributed by atoms with E-state index in [-0.39, 0.29) is 16.7 Å². The molecule has 1 aliphatic heterocycles. The maximum absolute atomic E-state index is 12.9. The van der Waals surface area contributed by atoms with Crippen LogP contribution in [0.25, 0.3) is 0 Å². The van der Waals surface area contributed by atoms with Crippen LogP contribution in [0.2, 0.25) is 0 Å². The van der Waals surface area contributed by atoms with Crippen molar-refractivity contribution < 1.29 is 38.4 Å². The number of hydrogen-bond donors (Lipinski definition) is 1. The molecule has 0 unspecified atom stereocenters. The van der Waals surface area contributed by atoms with E-state index in [0.717, 1.165) is 0 Å². The van der Waals surface area contributed by atoms with Crippen LogP contribution in [-0.2, 0) is 18.9 Å². The van der Waals surface area contributed by atoms with E-state index in [1.165, 1.54) is 0 Å². The largest absolute Gasteiger partial charge is 0.452 e. The molecule has 8 heteroatoms. The van der Waals surface area contributed by atoms with Crippen LogP contribution in [-0.4, -0.2) is 53.7 Å². The molecule has 0 bridgehead atoms. The summed E-state index contributed by atoms with van der Waals surface area (Å²) in [6, 6.07) is 24.6. The lowest BCUT2D eigenvalue weighted by atomic mass is 9.98. The molecule has 35 heavy (non-hydrogen) atoms. The molecule has 0 aliphatic carbocycles. The number of rotatable bonds is 6. The lowest BCUT2D eigenvalue weighted by molar-refractivity contribution is -0.275. The van der Waals surface area contributed by atoms with Gasteiger partial charge in [-0.2, -0.15) is 0 Å². The predicted molar refractivity (Wildman–Crippen MR) is 123 cm³/mol. The second-order valence-corrected chi connectivity index (χ2v) is 7.94. The Morgan fingerprint density at radius 2 is 0.943 bits per heavy atom. The maximum Gasteiger partial charge on any atom is 0.338 e. The normalized spacial score (nSPS) is 23.7. The minimum absolute atomic E-state index is 0.226. The summed E-state index contributed by atoms with van der Waals surface area (Å²) in [6.45, 7) is 1.56. The molecule has 0 aromatic heterocycles. The lowest BCUT2D eigenvalue weighted by Crippen LogP contribution is -2.60. The fraction of sp³-hybridized carbons (Fsp3) is 0.222. The summed E-state index contributed by atoms with van der Waals surface area (Å²) in [5.41, 5.74) is 0.739. The van der Waals surface area contributed by atoms with E-state index in [4.69, 9.17) is 18.9 Å². The van der Waals surface area contributed by atoms with Crippen molar-refractivity contribution >= 4 is 17.9 Å². The average molecular weight is 476 g/mol. The Morgan fingerprint density at radius 1 is 0.600 bits per heavy atom. The number of carbonyl (C=O) groups excluding carboxylic acids is 3. The molecule has 0 saturated carbocycles. The number of hydrogen-bond acceptors (Lipinski definition) is 8. The Kier molecular flexibility index (Phi) is 7.54. The van der Waals surface area contributed by atoms with Crippen molar-refractivity contribution in [2.45, 2.75) is 37.6 Å². The van der Waals surface area contributed by atoms with E-state index in [9.17, 15) is 19.5 Å². The fourth-order valence-electron chi connectivity index (χ4n) is 3.71. The van der Waals surface area contributed by atoms with Gasteiger partial charge in [-0.3, -0.25) is 0 Å². The molecule has 3 aromatic rings. The molecule has 1 heterocycles. The highest BCUT2D eigenvalue weighted by Crippen LogP contribution is 2.29. The third kappa shape index (κ3) is 5.74. The van der Waals surface area contributed by atoms with E-state index in [0.29, 0.717) is 0 Å². The van der Waals surface area contributed by atoms with Crippen LogP contribution >= 0.6 is 0 Å². The van der Waals surface area contributed by atoms with Crippen molar-refractivity contribution in [1.82, 2.24) is 0 Å². The first-order chi connectivity index (χ1) is 16.9. The van der Waals surface area contributed by atoms with Crippen LogP contribution in [0.3, 0.4) is 0 Å². The number of aliphatic hydroxyl groups is 1. The first-order valence-electron chi connectivity index (χ1n) is 11.1. The first-order valence-corrected chi connectivity index (χ1v) is 11.1. The van der Waals surface area contributed by atoms with Gasteiger partial charge in [0.15, 0.2) is 24.6 Å². The molecule has 0 spiro atoms. The van der Waals surface area contributed by atoms with Crippen molar-refractivity contribution in [2.75, 3.05) is 0 Å². The van der Waals surface area contributed by atoms with Crippen LogP contribution in [0.1, 0.15) is 38.0 Å². The molecular formula is C27H24O8. The SMILES string of the molecule is C[C@@H]1O[C@H](O)[C@H](OC(=O)c2ccccc2)[C@H](OC(=O)c2ccccc2)[C@@H]1OC(=O)c1ccccc1. The Labute approximate surface area is 202 Å². The third-order valence-electron chi connectivity index (χ3n) is 5.50. The topological polar surface area (TPSA) is 108 Å². The highest BCUT2D eigenvalue weighted by molar-refractivity contribution is 5.91. The Hall–Kier alpha value is -4.01. The molecule has 0 amide bonds. The third-order valence-corrected chi connectivity index (χ3v) is 5.50. The van der Waals surface area contributed by atoms with Crippen molar-refractivity contribution in [1.29, 1.82) is 0 Å². The van der Waals surface area contributed by atoms with Crippen LogP contribution in [0.15, 0.2) is 91.0 Å². The molecule has 0 radical (unpaired) electrons. The van der Waals surface area contributed by atoms with Crippen molar-refractivity contribution in [3.05, 3.63) is 108 Å². The van der Waals surface area contributed by atoms with Crippen LogP contribution in [0, 0.1) is 0 Å². The van der Waals surface area contributed by atoms with E-state index >= 15 is 0 Å².